The molecular weight excluding hydrogens is 317 g/mol. The molecule has 3 aromatic rings. The number of anilines is 1. The van der Waals surface area contributed by atoms with Gasteiger partial charge in [-0.05, 0) is 24.3 Å². The van der Waals surface area contributed by atoms with Crippen LogP contribution in [0.15, 0.2) is 46.9 Å². The van der Waals surface area contributed by atoms with Crippen molar-refractivity contribution in [1.82, 2.24) is 10.2 Å². The largest absolute Gasteiger partial charge is 0.454 e. The smallest absolute Gasteiger partial charge is 0.313 e. The van der Waals surface area contributed by atoms with Gasteiger partial charge in [-0.25, -0.2) is 4.39 Å². The lowest BCUT2D eigenvalue weighted by molar-refractivity contribution is 0.0991. The number of hydrogen-bond acceptors (Lipinski definition) is 6. The van der Waals surface area contributed by atoms with Gasteiger partial charge in [0.2, 0.25) is 6.79 Å². The Morgan fingerprint density at radius 1 is 1.08 bits per heavy atom. The van der Waals surface area contributed by atoms with Gasteiger partial charge in [-0.2, -0.15) is 0 Å². The van der Waals surface area contributed by atoms with Crippen LogP contribution in [-0.4, -0.2) is 22.9 Å². The van der Waals surface area contributed by atoms with E-state index in [0.29, 0.717) is 17.2 Å². The molecule has 0 aliphatic carbocycles. The summed E-state index contributed by atoms with van der Waals surface area (Å²) in [6.45, 7) is 0.141. The van der Waals surface area contributed by atoms with Crippen molar-refractivity contribution in [3.05, 3.63) is 54.2 Å². The van der Waals surface area contributed by atoms with Crippen LogP contribution in [0.5, 0.6) is 11.5 Å². The highest BCUT2D eigenvalue weighted by molar-refractivity contribution is 6.01. The van der Waals surface area contributed by atoms with E-state index in [-0.39, 0.29) is 24.1 Å². The number of nitrogens with zero attached hydrogens (tertiary/aromatic N) is 2. The Morgan fingerprint density at radius 2 is 1.92 bits per heavy atom. The molecule has 2 aromatic carbocycles. The van der Waals surface area contributed by atoms with Gasteiger partial charge in [-0.15, -0.1) is 10.2 Å². The lowest BCUT2D eigenvalue weighted by Gasteiger charge is -2.03. The Labute approximate surface area is 135 Å². The quantitative estimate of drug-likeness (QED) is 0.796. The molecule has 4 rings (SSSR count). The van der Waals surface area contributed by atoms with Gasteiger partial charge in [-0.1, -0.05) is 12.1 Å². The van der Waals surface area contributed by atoms with Gasteiger partial charge >= 0.3 is 11.8 Å². The monoisotopic (exact) mass is 327 g/mol. The van der Waals surface area contributed by atoms with Crippen LogP contribution in [0.4, 0.5) is 10.1 Å². The molecule has 2 heterocycles. The van der Waals surface area contributed by atoms with Crippen LogP contribution >= 0.6 is 0 Å². The SMILES string of the molecule is O=C(Nc1ccc2c(c1)OCO2)c1nnc(-c2ccccc2F)o1. The molecule has 0 bridgehead atoms. The predicted molar refractivity (Wildman–Crippen MR) is 80.2 cm³/mol. The Morgan fingerprint density at radius 3 is 2.79 bits per heavy atom. The maximum atomic E-state index is 13.7. The van der Waals surface area contributed by atoms with Gasteiger partial charge in [0.15, 0.2) is 11.5 Å². The predicted octanol–water partition coefficient (Wildman–Crippen LogP) is 2.86. The summed E-state index contributed by atoms with van der Waals surface area (Å²) < 4.78 is 29.4. The van der Waals surface area contributed by atoms with Crippen molar-refractivity contribution in [2.24, 2.45) is 0 Å². The van der Waals surface area contributed by atoms with Gasteiger partial charge in [0.05, 0.1) is 5.56 Å². The minimum Gasteiger partial charge on any atom is -0.454 e. The van der Waals surface area contributed by atoms with Crippen molar-refractivity contribution < 1.29 is 23.1 Å². The number of carbonyl (C=O) groups is 1. The standard InChI is InChI=1S/C16H10FN3O4/c17-11-4-2-1-3-10(11)15-19-20-16(24-15)14(21)18-9-5-6-12-13(7-9)23-8-22-12/h1-7H,8H2,(H,18,21). The molecule has 0 spiro atoms. The topological polar surface area (TPSA) is 86.5 Å². The lowest BCUT2D eigenvalue weighted by Crippen LogP contribution is -2.12. The molecule has 1 N–H and O–H groups in total. The van der Waals surface area contributed by atoms with Crippen LogP contribution in [0.1, 0.15) is 10.7 Å². The van der Waals surface area contributed by atoms with Crippen molar-refractivity contribution in [2.45, 2.75) is 0 Å². The van der Waals surface area contributed by atoms with E-state index in [0.717, 1.165) is 0 Å². The minimum atomic E-state index is -0.607. The molecule has 0 fully saturated rings. The van der Waals surface area contributed by atoms with E-state index in [4.69, 9.17) is 13.9 Å². The van der Waals surface area contributed by atoms with Crippen molar-refractivity contribution in [3.63, 3.8) is 0 Å². The van der Waals surface area contributed by atoms with E-state index in [1.807, 2.05) is 0 Å². The molecule has 0 unspecified atom stereocenters. The Bertz CT molecular complexity index is 925. The minimum absolute atomic E-state index is 0.0658. The molecule has 1 amide bonds. The van der Waals surface area contributed by atoms with Crippen molar-refractivity contribution in [1.29, 1.82) is 0 Å². The molecule has 1 aliphatic heterocycles. The number of rotatable bonds is 3. The number of nitrogens with one attached hydrogen (secondary N) is 1. The molecule has 1 aromatic heterocycles. The van der Waals surface area contributed by atoms with E-state index in [2.05, 4.69) is 15.5 Å². The molecule has 0 atom stereocenters. The van der Waals surface area contributed by atoms with Crippen LogP contribution in [0.3, 0.4) is 0 Å². The highest BCUT2D eigenvalue weighted by Gasteiger charge is 2.19. The fraction of sp³-hybridized carbons (Fsp3) is 0.0625. The lowest BCUT2D eigenvalue weighted by atomic mass is 10.2. The van der Waals surface area contributed by atoms with Gasteiger partial charge < -0.3 is 19.2 Å². The Kier molecular flexibility index (Phi) is 3.34. The van der Waals surface area contributed by atoms with Crippen LogP contribution in [0.2, 0.25) is 0 Å². The zero-order valence-corrected chi connectivity index (χ0v) is 12.2. The highest BCUT2D eigenvalue weighted by Crippen LogP contribution is 2.34. The maximum Gasteiger partial charge on any atom is 0.313 e. The number of hydrogen-bond donors (Lipinski definition) is 1. The summed E-state index contributed by atoms with van der Waals surface area (Å²) in [7, 11) is 0. The molecule has 0 saturated heterocycles. The molecule has 1 aliphatic rings. The van der Waals surface area contributed by atoms with Gasteiger partial charge in [-0.3, -0.25) is 4.79 Å². The first kappa shape index (κ1) is 14.2. The van der Waals surface area contributed by atoms with Crippen molar-refractivity contribution >= 4 is 11.6 Å². The van der Waals surface area contributed by atoms with Crippen molar-refractivity contribution in [3.8, 4) is 23.0 Å². The fourth-order valence-corrected chi connectivity index (χ4v) is 2.22. The summed E-state index contributed by atoms with van der Waals surface area (Å²) in [6, 6.07) is 10.9. The van der Waals surface area contributed by atoms with Gasteiger partial charge in [0, 0.05) is 11.8 Å². The number of aromatic nitrogens is 2. The summed E-state index contributed by atoms with van der Waals surface area (Å²) >= 11 is 0. The summed E-state index contributed by atoms with van der Waals surface area (Å²) in [6.07, 6.45) is 0. The first-order chi connectivity index (χ1) is 11.7. The summed E-state index contributed by atoms with van der Waals surface area (Å²) in [4.78, 5) is 12.2. The Balaban J connectivity index is 1.54. The van der Waals surface area contributed by atoms with E-state index < -0.39 is 11.7 Å². The second-order valence-corrected chi connectivity index (χ2v) is 4.91. The second kappa shape index (κ2) is 5.65. The fourth-order valence-electron chi connectivity index (χ4n) is 2.22. The maximum absolute atomic E-state index is 13.7. The molecule has 7 nitrogen and oxygen atoms in total. The van der Waals surface area contributed by atoms with Gasteiger partial charge in [0.25, 0.3) is 5.89 Å². The van der Waals surface area contributed by atoms with Gasteiger partial charge in [0.1, 0.15) is 5.82 Å². The highest BCUT2D eigenvalue weighted by atomic mass is 19.1. The van der Waals surface area contributed by atoms with E-state index in [1.165, 1.54) is 12.1 Å². The van der Waals surface area contributed by atoms with Crippen molar-refractivity contribution in [2.75, 3.05) is 12.1 Å². The molecule has 0 saturated carbocycles. The first-order valence-electron chi connectivity index (χ1n) is 7.00. The van der Waals surface area contributed by atoms with Crippen LogP contribution in [-0.2, 0) is 0 Å². The average Bonchev–Trinajstić information content (AvgIpc) is 3.24. The number of fused-ring (bicyclic) bond motifs is 1. The Hall–Kier alpha value is -3.42. The number of benzene rings is 2. The molecule has 24 heavy (non-hydrogen) atoms. The number of amides is 1. The number of carbonyl (C=O) groups excluding carboxylic acids is 1. The average molecular weight is 327 g/mol. The summed E-state index contributed by atoms with van der Waals surface area (Å²) in [5.41, 5.74) is 0.613. The number of halogens is 1. The third kappa shape index (κ3) is 2.54. The summed E-state index contributed by atoms with van der Waals surface area (Å²) in [5, 5.41) is 9.96. The second-order valence-electron chi connectivity index (χ2n) is 4.91. The van der Waals surface area contributed by atoms with E-state index in [1.54, 1.807) is 30.3 Å². The number of ether oxygens (including phenoxy) is 2. The third-order valence-corrected chi connectivity index (χ3v) is 3.35. The molecular formula is C16H10FN3O4. The van der Waals surface area contributed by atoms with E-state index in [9.17, 15) is 9.18 Å². The molecule has 0 radical (unpaired) electrons. The first-order valence-corrected chi connectivity index (χ1v) is 7.00. The van der Waals surface area contributed by atoms with E-state index >= 15 is 0 Å². The zero-order valence-electron chi connectivity index (χ0n) is 12.2. The summed E-state index contributed by atoms with van der Waals surface area (Å²) in [5.74, 6) is -0.319. The van der Waals surface area contributed by atoms with Crippen LogP contribution < -0.4 is 14.8 Å². The normalized spacial score (nSPS) is 12.2. The molecule has 8 heteroatoms. The zero-order chi connectivity index (χ0) is 16.5. The molecule has 120 valence electrons. The third-order valence-electron chi connectivity index (χ3n) is 3.35. The van der Waals surface area contributed by atoms with Crippen LogP contribution in [0, 0.1) is 5.82 Å². The van der Waals surface area contributed by atoms with Crippen LogP contribution in [0.25, 0.3) is 11.5 Å².